The third-order valence-corrected chi connectivity index (χ3v) is 3.19. The summed E-state index contributed by atoms with van der Waals surface area (Å²) in [5, 5.41) is 0. The number of nitrogen functional groups attached to an aromatic ring is 1. The van der Waals surface area contributed by atoms with Crippen LogP contribution in [0.5, 0.6) is 0 Å². The summed E-state index contributed by atoms with van der Waals surface area (Å²) < 4.78 is 11.0. The third-order valence-electron chi connectivity index (χ3n) is 3.19. The van der Waals surface area contributed by atoms with E-state index in [1.165, 1.54) is 6.20 Å². The number of carbonyl (C=O) groups excluding carboxylic acids is 1. The first kappa shape index (κ1) is 14.8. The van der Waals surface area contributed by atoms with Gasteiger partial charge in [-0.25, -0.2) is 14.8 Å². The lowest BCUT2D eigenvalue weighted by Gasteiger charge is -2.02. The molecule has 0 saturated heterocycles. The monoisotopic (exact) mass is 309 g/mol. The van der Waals surface area contributed by atoms with Crippen LogP contribution in [-0.4, -0.2) is 22.5 Å². The van der Waals surface area contributed by atoms with Crippen LogP contribution in [0.2, 0.25) is 0 Å². The first-order valence-electron chi connectivity index (χ1n) is 7.14. The first-order chi connectivity index (χ1) is 11.2. The van der Waals surface area contributed by atoms with Crippen LogP contribution in [0.1, 0.15) is 17.3 Å². The molecule has 0 fully saturated rings. The SMILES string of the molecule is CCOC(=O)c1cc(-c2ccnc(N)n2)oc1-c1ccccc1. The molecule has 23 heavy (non-hydrogen) atoms. The summed E-state index contributed by atoms with van der Waals surface area (Å²) in [7, 11) is 0. The molecule has 3 rings (SSSR count). The predicted octanol–water partition coefficient (Wildman–Crippen LogP) is 3.16. The molecule has 2 aromatic heterocycles. The number of nitrogens with zero attached hydrogens (tertiary/aromatic N) is 2. The van der Waals surface area contributed by atoms with E-state index in [0.717, 1.165) is 5.56 Å². The first-order valence-corrected chi connectivity index (χ1v) is 7.14. The number of ether oxygens (including phenoxy) is 1. The van der Waals surface area contributed by atoms with Gasteiger partial charge in [-0.05, 0) is 13.0 Å². The molecule has 0 bridgehead atoms. The maximum atomic E-state index is 12.2. The minimum atomic E-state index is -0.441. The van der Waals surface area contributed by atoms with Gasteiger partial charge in [0.2, 0.25) is 5.95 Å². The molecule has 6 nitrogen and oxygen atoms in total. The summed E-state index contributed by atoms with van der Waals surface area (Å²) in [6.07, 6.45) is 1.53. The van der Waals surface area contributed by atoms with Crippen molar-refractivity contribution in [3.05, 3.63) is 54.2 Å². The number of anilines is 1. The Morgan fingerprint density at radius 1 is 1.26 bits per heavy atom. The average molecular weight is 309 g/mol. The van der Waals surface area contributed by atoms with Gasteiger partial charge in [0.05, 0.1) is 6.61 Å². The fourth-order valence-electron chi connectivity index (χ4n) is 2.19. The number of hydrogen-bond donors (Lipinski definition) is 1. The molecule has 0 atom stereocenters. The van der Waals surface area contributed by atoms with Gasteiger partial charge in [0.15, 0.2) is 5.76 Å². The molecule has 2 N–H and O–H groups in total. The van der Waals surface area contributed by atoms with Gasteiger partial charge >= 0.3 is 5.97 Å². The molecule has 0 aliphatic rings. The lowest BCUT2D eigenvalue weighted by molar-refractivity contribution is 0.0527. The Hall–Kier alpha value is -3.15. The van der Waals surface area contributed by atoms with Crippen molar-refractivity contribution in [2.45, 2.75) is 6.92 Å². The van der Waals surface area contributed by atoms with Crippen molar-refractivity contribution < 1.29 is 13.9 Å². The molecule has 2 heterocycles. The number of aromatic nitrogens is 2. The molecule has 0 radical (unpaired) electrons. The summed E-state index contributed by atoms with van der Waals surface area (Å²) in [4.78, 5) is 20.2. The van der Waals surface area contributed by atoms with Crippen molar-refractivity contribution in [3.8, 4) is 22.8 Å². The Balaban J connectivity index is 2.12. The summed E-state index contributed by atoms with van der Waals surface area (Å²) in [5.74, 6) is 0.568. The van der Waals surface area contributed by atoms with Crippen LogP contribution in [0.3, 0.4) is 0 Å². The van der Waals surface area contributed by atoms with Crippen LogP contribution in [-0.2, 0) is 4.74 Å². The number of hydrogen-bond acceptors (Lipinski definition) is 6. The fraction of sp³-hybridized carbons (Fsp3) is 0.118. The van der Waals surface area contributed by atoms with E-state index in [4.69, 9.17) is 14.9 Å². The van der Waals surface area contributed by atoms with Gasteiger partial charge in [0.25, 0.3) is 0 Å². The molecule has 0 unspecified atom stereocenters. The third kappa shape index (κ3) is 3.06. The normalized spacial score (nSPS) is 10.5. The van der Waals surface area contributed by atoms with Crippen molar-refractivity contribution in [2.24, 2.45) is 0 Å². The molecule has 0 aliphatic carbocycles. The maximum Gasteiger partial charge on any atom is 0.342 e. The van der Waals surface area contributed by atoms with Crippen LogP contribution in [0.4, 0.5) is 5.95 Å². The highest BCUT2D eigenvalue weighted by molar-refractivity contribution is 5.97. The quantitative estimate of drug-likeness (QED) is 0.744. The molecule has 0 amide bonds. The molecule has 3 aromatic rings. The second kappa shape index (κ2) is 6.31. The molecule has 116 valence electrons. The molecular formula is C17H15N3O3. The fourth-order valence-corrected chi connectivity index (χ4v) is 2.19. The number of rotatable bonds is 4. The largest absolute Gasteiger partial charge is 0.462 e. The molecule has 1 aromatic carbocycles. The van der Waals surface area contributed by atoms with Gasteiger partial charge in [0, 0.05) is 17.8 Å². The number of benzene rings is 1. The Bertz CT molecular complexity index is 828. The van der Waals surface area contributed by atoms with Gasteiger partial charge in [-0.1, -0.05) is 30.3 Å². The van der Waals surface area contributed by atoms with Crippen molar-refractivity contribution in [1.29, 1.82) is 0 Å². The van der Waals surface area contributed by atoms with Crippen molar-refractivity contribution >= 4 is 11.9 Å². The van der Waals surface area contributed by atoms with Crippen molar-refractivity contribution in [2.75, 3.05) is 12.3 Å². The summed E-state index contributed by atoms with van der Waals surface area (Å²) in [6, 6.07) is 12.6. The second-order valence-electron chi connectivity index (χ2n) is 4.74. The molecular weight excluding hydrogens is 294 g/mol. The highest BCUT2D eigenvalue weighted by atomic mass is 16.5. The topological polar surface area (TPSA) is 91.2 Å². The van der Waals surface area contributed by atoms with Crippen molar-refractivity contribution in [3.63, 3.8) is 0 Å². The predicted molar refractivity (Wildman–Crippen MR) is 85.5 cm³/mol. The highest BCUT2D eigenvalue weighted by Crippen LogP contribution is 2.32. The Morgan fingerprint density at radius 2 is 2.04 bits per heavy atom. The second-order valence-corrected chi connectivity index (χ2v) is 4.74. The number of furan rings is 1. The molecule has 6 heteroatoms. The number of esters is 1. The van der Waals surface area contributed by atoms with E-state index in [1.807, 2.05) is 30.3 Å². The molecule has 0 spiro atoms. The lowest BCUT2D eigenvalue weighted by atomic mass is 10.1. The van der Waals surface area contributed by atoms with Gasteiger partial charge < -0.3 is 14.9 Å². The number of nitrogens with two attached hydrogens (primary N) is 1. The van der Waals surface area contributed by atoms with E-state index < -0.39 is 5.97 Å². The van der Waals surface area contributed by atoms with Crippen LogP contribution < -0.4 is 5.73 Å². The molecule has 0 saturated carbocycles. The minimum Gasteiger partial charge on any atom is -0.462 e. The average Bonchev–Trinajstić information content (AvgIpc) is 3.01. The summed E-state index contributed by atoms with van der Waals surface area (Å²) in [6.45, 7) is 2.04. The zero-order valence-electron chi connectivity index (χ0n) is 12.5. The number of carbonyl (C=O) groups is 1. The van der Waals surface area contributed by atoms with E-state index in [1.54, 1.807) is 19.1 Å². The lowest BCUT2D eigenvalue weighted by Crippen LogP contribution is -2.04. The maximum absolute atomic E-state index is 12.2. The van der Waals surface area contributed by atoms with E-state index in [9.17, 15) is 4.79 Å². The van der Waals surface area contributed by atoms with Crippen LogP contribution in [0.15, 0.2) is 53.1 Å². The van der Waals surface area contributed by atoms with E-state index >= 15 is 0 Å². The Labute approximate surface area is 132 Å². The van der Waals surface area contributed by atoms with Gasteiger partial charge in [0.1, 0.15) is 17.0 Å². The zero-order chi connectivity index (χ0) is 16.2. The summed E-state index contributed by atoms with van der Waals surface area (Å²) >= 11 is 0. The van der Waals surface area contributed by atoms with Crippen LogP contribution >= 0.6 is 0 Å². The van der Waals surface area contributed by atoms with E-state index in [2.05, 4.69) is 9.97 Å². The Kier molecular flexibility index (Phi) is 4.05. The standard InChI is InChI=1S/C17H15N3O3/c1-2-22-16(21)12-10-14(13-8-9-19-17(18)20-13)23-15(12)11-6-4-3-5-7-11/h3-10H,2H2,1H3,(H2,18,19,20). The summed E-state index contributed by atoms with van der Waals surface area (Å²) in [5.41, 5.74) is 7.24. The van der Waals surface area contributed by atoms with Gasteiger partial charge in [-0.2, -0.15) is 0 Å². The van der Waals surface area contributed by atoms with Crippen molar-refractivity contribution in [1.82, 2.24) is 9.97 Å². The van der Waals surface area contributed by atoms with E-state index in [-0.39, 0.29) is 12.6 Å². The highest BCUT2D eigenvalue weighted by Gasteiger charge is 2.21. The zero-order valence-corrected chi connectivity index (χ0v) is 12.5. The van der Waals surface area contributed by atoms with Crippen LogP contribution in [0.25, 0.3) is 22.8 Å². The van der Waals surface area contributed by atoms with Gasteiger partial charge in [-0.15, -0.1) is 0 Å². The molecule has 0 aliphatic heterocycles. The van der Waals surface area contributed by atoms with Crippen LogP contribution in [0, 0.1) is 0 Å². The minimum absolute atomic E-state index is 0.137. The smallest absolute Gasteiger partial charge is 0.342 e. The Morgan fingerprint density at radius 3 is 2.74 bits per heavy atom. The van der Waals surface area contributed by atoms with Gasteiger partial charge in [-0.3, -0.25) is 0 Å². The van der Waals surface area contributed by atoms with E-state index in [0.29, 0.717) is 22.8 Å².